The Bertz CT molecular complexity index is 815. The topological polar surface area (TPSA) is 49.0 Å². The number of rotatable bonds is 1. The van der Waals surface area contributed by atoms with Gasteiger partial charge in [-0.1, -0.05) is 30.3 Å². The molecule has 0 unspecified atom stereocenters. The molecular formula is C17H15N3O. The van der Waals surface area contributed by atoms with Crippen molar-refractivity contribution < 1.29 is 0 Å². The van der Waals surface area contributed by atoms with E-state index in [0.29, 0.717) is 5.56 Å². The standard InChI is InChI=1S/C17H15N3O/c18-11-14-15(12-5-2-1-3-6-12)20-9-4-8-19-10-7-13(16(14)21)17(19)20/h1-3,5-6H,4,7-10H2. The Balaban J connectivity index is 2.12. The molecule has 0 atom stereocenters. The summed E-state index contributed by atoms with van der Waals surface area (Å²) < 4.78 is 2.18. The van der Waals surface area contributed by atoms with E-state index in [1.807, 2.05) is 30.3 Å². The molecule has 0 saturated carbocycles. The SMILES string of the molecule is N#Cc1c(-c2ccccc2)n2c3c(c1=O)CCN3CCC2. The van der Waals surface area contributed by atoms with Crippen molar-refractivity contribution in [3.8, 4) is 17.3 Å². The van der Waals surface area contributed by atoms with Gasteiger partial charge in [0, 0.05) is 25.2 Å². The second kappa shape index (κ2) is 4.49. The van der Waals surface area contributed by atoms with Crippen LogP contribution in [-0.4, -0.2) is 17.7 Å². The van der Waals surface area contributed by atoms with Crippen LogP contribution in [0.5, 0.6) is 0 Å². The molecule has 2 aliphatic heterocycles. The van der Waals surface area contributed by atoms with Crippen LogP contribution in [0.25, 0.3) is 11.3 Å². The summed E-state index contributed by atoms with van der Waals surface area (Å²) in [6.45, 7) is 2.78. The normalized spacial score (nSPS) is 15.7. The number of hydrogen-bond donors (Lipinski definition) is 0. The quantitative estimate of drug-likeness (QED) is 0.802. The van der Waals surface area contributed by atoms with E-state index >= 15 is 0 Å². The van der Waals surface area contributed by atoms with E-state index < -0.39 is 0 Å². The highest BCUT2D eigenvalue weighted by Crippen LogP contribution is 2.35. The van der Waals surface area contributed by atoms with Crippen molar-refractivity contribution in [2.24, 2.45) is 0 Å². The molecule has 0 spiro atoms. The largest absolute Gasteiger partial charge is 0.357 e. The van der Waals surface area contributed by atoms with E-state index in [1.165, 1.54) is 0 Å². The number of hydrogen-bond acceptors (Lipinski definition) is 3. The van der Waals surface area contributed by atoms with E-state index in [1.54, 1.807) is 0 Å². The lowest BCUT2D eigenvalue weighted by Gasteiger charge is -2.31. The first kappa shape index (κ1) is 12.2. The molecule has 2 aliphatic rings. The smallest absolute Gasteiger partial charge is 0.205 e. The first-order valence-electron chi connectivity index (χ1n) is 7.31. The van der Waals surface area contributed by atoms with Crippen LogP contribution < -0.4 is 10.3 Å². The molecule has 0 N–H and O–H groups in total. The molecule has 0 aliphatic carbocycles. The van der Waals surface area contributed by atoms with Gasteiger partial charge >= 0.3 is 0 Å². The summed E-state index contributed by atoms with van der Waals surface area (Å²) >= 11 is 0. The van der Waals surface area contributed by atoms with E-state index in [0.717, 1.165) is 55.1 Å². The van der Waals surface area contributed by atoms with Gasteiger partial charge in [-0.05, 0) is 18.4 Å². The van der Waals surface area contributed by atoms with E-state index in [-0.39, 0.29) is 5.43 Å². The Morgan fingerprint density at radius 2 is 1.90 bits per heavy atom. The molecule has 0 saturated heterocycles. The number of benzene rings is 1. The van der Waals surface area contributed by atoms with Crippen molar-refractivity contribution in [3.05, 3.63) is 51.7 Å². The maximum Gasteiger partial charge on any atom is 0.205 e. The number of nitriles is 1. The van der Waals surface area contributed by atoms with Crippen LogP contribution in [0.4, 0.5) is 5.82 Å². The van der Waals surface area contributed by atoms with Crippen LogP contribution in [0, 0.1) is 11.3 Å². The van der Waals surface area contributed by atoms with Crippen molar-refractivity contribution >= 4 is 5.82 Å². The Morgan fingerprint density at radius 1 is 1.10 bits per heavy atom. The van der Waals surface area contributed by atoms with Gasteiger partial charge in [0.2, 0.25) is 5.43 Å². The molecule has 0 amide bonds. The molecule has 3 heterocycles. The van der Waals surface area contributed by atoms with Crippen molar-refractivity contribution in [1.82, 2.24) is 4.57 Å². The van der Waals surface area contributed by atoms with Gasteiger partial charge in [-0.3, -0.25) is 4.79 Å². The lowest BCUT2D eigenvalue weighted by Crippen LogP contribution is -2.32. The first-order valence-corrected chi connectivity index (χ1v) is 7.31. The van der Waals surface area contributed by atoms with Gasteiger partial charge in [0.05, 0.1) is 5.69 Å². The molecule has 0 bridgehead atoms. The summed E-state index contributed by atoms with van der Waals surface area (Å²) in [5.41, 5.74) is 2.78. The minimum absolute atomic E-state index is 0.0768. The number of nitrogens with zero attached hydrogens (tertiary/aromatic N) is 3. The molecule has 21 heavy (non-hydrogen) atoms. The fraction of sp³-hybridized carbons (Fsp3) is 0.294. The maximum absolute atomic E-state index is 12.7. The van der Waals surface area contributed by atoms with Crippen molar-refractivity contribution in [2.75, 3.05) is 18.0 Å². The number of anilines is 1. The van der Waals surface area contributed by atoms with Crippen molar-refractivity contribution in [3.63, 3.8) is 0 Å². The Morgan fingerprint density at radius 3 is 2.67 bits per heavy atom. The fourth-order valence-electron chi connectivity index (χ4n) is 3.56. The third-order valence-electron chi connectivity index (χ3n) is 4.43. The van der Waals surface area contributed by atoms with Gasteiger partial charge in [0.15, 0.2) is 0 Å². The molecule has 4 nitrogen and oxygen atoms in total. The van der Waals surface area contributed by atoms with Crippen molar-refractivity contribution in [1.29, 1.82) is 5.26 Å². The molecule has 0 fully saturated rings. The summed E-state index contributed by atoms with van der Waals surface area (Å²) in [6.07, 6.45) is 1.82. The Labute approximate surface area is 122 Å². The minimum atomic E-state index is -0.0768. The molecule has 4 heteroatoms. The highest BCUT2D eigenvalue weighted by atomic mass is 16.1. The lowest BCUT2D eigenvalue weighted by atomic mass is 10.0. The summed E-state index contributed by atoms with van der Waals surface area (Å²) in [5, 5.41) is 9.52. The molecule has 0 radical (unpaired) electrons. The summed E-state index contributed by atoms with van der Waals surface area (Å²) in [4.78, 5) is 14.9. The molecular weight excluding hydrogens is 262 g/mol. The zero-order chi connectivity index (χ0) is 14.4. The predicted octanol–water partition coefficient (Wildman–Crippen LogP) is 2.15. The Kier molecular flexibility index (Phi) is 2.61. The minimum Gasteiger partial charge on any atom is -0.357 e. The summed E-state index contributed by atoms with van der Waals surface area (Å²) in [7, 11) is 0. The van der Waals surface area contributed by atoms with E-state index in [4.69, 9.17) is 0 Å². The highest BCUT2D eigenvalue weighted by molar-refractivity contribution is 5.73. The van der Waals surface area contributed by atoms with Gasteiger partial charge < -0.3 is 9.47 Å². The zero-order valence-electron chi connectivity index (χ0n) is 11.7. The molecule has 1 aromatic carbocycles. The average Bonchev–Trinajstić information content (AvgIpc) is 2.97. The summed E-state index contributed by atoms with van der Waals surface area (Å²) in [6, 6.07) is 11.9. The van der Waals surface area contributed by atoms with Crippen LogP contribution in [-0.2, 0) is 13.0 Å². The van der Waals surface area contributed by atoms with Gasteiger partial charge in [-0.15, -0.1) is 0 Å². The van der Waals surface area contributed by atoms with Gasteiger partial charge in [-0.25, -0.2) is 0 Å². The molecule has 4 rings (SSSR count). The van der Waals surface area contributed by atoms with Crippen LogP contribution in [0.2, 0.25) is 0 Å². The van der Waals surface area contributed by atoms with Crippen molar-refractivity contribution in [2.45, 2.75) is 19.4 Å². The Hall–Kier alpha value is -2.54. The third-order valence-corrected chi connectivity index (χ3v) is 4.43. The van der Waals surface area contributed by atoms with E-state index in [2.05, 4.69) is 15.5 Å². The predicted molar refractivity (Wildman–Crippen MR) is 81.4 cm³/mol. The van der Waals surface area contributed by atoms with Gasteiger partial charge in [0.1, 0.15) is 17.5 Å². The van der Waals surface area contributed by atoms with E-state index in [9.17, 15) is 10.1 Å². The number of pyridine rings is 1. The average molecular weight is 277 g/mol. The monoisotopic (exact) mass is 277 g/mol. The number of aromatic nitrogens is 1. The second-order valence-electron chi connectivity index (χ2n) is 5.57. The third kappa shape index (κ3) is 1.64. The van der Waals surface area contributed by atoms with Crippen LogP contribution in [0.15, 0.2) is 35.1 Å². The maximum atomic E-state index is 12.7. The summed E-state index contributed by atoms with van der Waals surface area (Å²) in [5.74, 6) is 1.05. The fourth-order valence-corrected chi connectivity index (χ4v) is 3.56. The molecule has 104 valence electrons. The lowest BCUT2D eigenvalue weighted by molar-refractivity contribution is 0.578. The second-order valence-corrected chi connectivity index (χ2v) is 5.57. The van der Waals surface area contributed by atoms with Gasteiger partial charge in [0.25, 0.3) is 0 Å². The molecule has 2 aromatic rings. The van der Waals surface area contributed by atoms with Gasteiger partial charge in [-0.2, -0.15) is 5.26 Å². The zero-order valence-corrected chi connectivity index (χ0v) is 11.7. The van der Waals surface area contributed by atoms with Crippen LogP contribution in [0.1, 0.15) is 17.5 Å². The van der Waals surface area contributed by atoms with Crippen LogP contribution in [0.3, 0.4) is 0 Å². The first-order chi connectivity index (χ1) is 10.3. The molecule has 1 aromatic heterocycles. The highest BCUT2D eigenvalue weighted by Gasteiger charge is 2.31. The van der Waals surface area contributed by atoms with Crippen LogP contribution >= 0.6 is 0 Å².